The zero-order valence-electron chi connectivity index (χ0n) is 6.75. The van der Waals surface area contributed by atoms with Crippen LogP contribution in [0.4, 0.5) is 0 Å². The minimum atomic E-state index is 0.653. The van der Waals surface area contributed by atoms with Crippen LogP contribution >= 0.6 is 0 Å². The molecule has 0 amide bonds. The van der Waals surface area contributed by atoms with Gasteiger partial charge >= 0.3 is 0 Å². The van der Waals surface area contributed by atoms with Crippen LogP contribution in [-0.2, 0) is 4.74 Å². The van der Waals surface area contributed by atoms with Gasteiger partial charge in [-0.15, -0.1) is 0 Å². The van der Waals surface area contributed by atoms with Crippen molar-refractivity contribution in [2.75, 3.05) is 6.61 Å². The Morgan fingerprint density at radius 1 is 1.45 bits per heavy atom. The highest BCUT2D eigenvalue weighted by atomic mass is 16.6. The number of hydrogen-bond acceptors (Lipinski definition) is 1. The third-order valence-corrected chi connectivity index (χ3v) is 3.39. The van der Waals surface area contributed by atoms with E-state index in [4.69, 9.17) is 4.74 Å². The van der Waals surface area contributed by atoms with Gasteiger partial charge in [0.25, 0.3) is 0 Å². The molecule has 11 heavy (non-hydrogen) atoms. The second-order valence-electron chi connectivity index (χ2n) is 4.22. The van der Waals surface area contributed by atoms with Gasteiger partial charge in [-0.3, -0.25) is 0 Å². The lowest BCUT2D eigenvalue weighted by molar-refractivity contribution is 0.305. The fourth-order valence-electron chi connectivity index (χ4n) is 2.67. The summed E-state index contributed by atoms with van der Waals surface area (Å²) in [5.74, 6) is 2.00. The van der Waals surface area contributed by atoms with Crippen LogP contribution in [0.2, 0.25) is 0 Å². The fraction of sp³-hybridized carbons (Fsp3) is 0.800. The third kappa shape index (κ3) is 1.02. The molecule has 1 heterocycles. The molecule has 0 aromatic rings. The molecule has 0 radical (unpaired) electrons. The van der Waals surface area contributed by atoms with E-state index in [0.717, 1.165) is 18.4 Å². The van der Waals surface area contributed by atoms with Gasteiger partial charge in [0.05, 0.1) is 12.7 Å². The van der Waals surface area contributed by atoms with Crippen LogP contribution in [0.25, 0.3) is 0 Å². The highest BCUT2D eigenvalue weighted by molar-refractivity contribution is 5.18. The monoisotopic (exact) mass is 150 g/mol. The van der Waals surface area contributed by atoms with Crippen molar-refractivity contribution in [1.82, 2.24) is 0 Å². The summed E-state index contributed by atoms with van der Waals surface area (Å²) in [6, 6.07) is 0. The molecular formula is C10H14O. The standard InChI is InChI=1S/C10H14O/c1-2-8-3-7(1)4-9(8)5-10-6-11-10/h1,8-10H,2-6H2. The van der Waals surface area contributed by atoms with Gasteiger partial charge in [0.15, 0.2) is 0 Å². The Labute approximate surface area is 67.4 Å². The van der Waals surface area contributed by atoms with Crippen molar-refractivity contribution < 1.29 is 4.74 Å². The van der Waals surface area contributed by atoms with E-state index in [1.807, 2.05) is 0 Å². The molecule has 1 saturated heterocycles. The van der Waals surface area contributed by atoms with E-state index in [9.17, 15) is 0 Å². The molecule has 2 bridgehead atoms. The molecular weight excluding hydrogens is 136 g/mol. The van der Waals surface area contributed by atoms with Crippen LogP contribution in [-0.4, -0.2) is 12.7 Å². The molecule has 0 aromatic heterocycles. The van der Waals surface area contributed by atoms with E-state index < -0.39 is 0 Å². The molecule has 1 aliphatic heterocycles. The zero-order chi connectivity index (χ0) is 7.26. The number of allylic oxidation sites excluding steroid dienone is 2. The van der Waals surface area contributed by atoms with E-state index >= 15 is 0 Å². The Morgan fingerprint density at radius 3 is 2.91 bits per heavy atom. The molecule has 3 atom stereocenters. The quantitative estimate of drug-likeness (QED) is 0.434. The van der Waals surface area contributed by atoms with E-state index in [0.29, 0.717) is 6.10 Å². The van der Waals surface area contributed by atoms with E-state index in [1.54, 1.807) is 5.57 Å². The maximum absolute atomic E-state index is 5.26. The largest absolute Gasteiger partial charge is 0.373 e. The highest BCUT2D eigenvalue weighted by Crippen LogP contribution is 2.47. The summed E-state index contributed by atoms with van der Waals surface area (Å²) >= 11 is 0. The molecule has 3 rings (SSSR count). The SMILES string of the molecule is C1=C2CC(C1)C(CC1CO1)C2. The van der Waals surface area contributed by atoms with Gasteiger partial charge < -0.3 is 4.74 Å². The first kappa shape index (κ1) is 6.24. The maximum Gasteiger partial charge on any atom is 0.0812 e. The van der Waals surface area contributed by atoms with E-state index in [-0.39, 0.29) is 0 Å². The minimum absolute atomic E-state index is 0.653. The first-order valence-electron chi connectivity index (χ1n) is 4.71. The molecule has 0 aromatic carbocycles. The first-order valence-corrected chi connectivity index (χ1v) is 4.71. The van der Waals surface area contributed by atoms with Crippen molar-refractivity contribution in [3.63, 3.8) is 0 Å². The highest BCUT2D eigenvalue weighted by Gasteiger charge is 2.37. The molecule has 0 spiro atoms. The summed E-state index contributed by atoms with van der Waals surface area (Å²) in [6.07, 6.45) is 8.63. The number of ether oxygens (including phenoxy) is 1. The Bertz CT molecular complexity index is 203. The second-order valence-corrected chi connectivity index (χ2v) is 4.22. The maximum atomic E-state index is 5.26. The van der Waals surface area contributed by atoms with Gasteiger partial charge in [-0.2, -0.15) is 0 Å². The lowest BCUT2D eigenvalue weighted by atomic mass is 9.88. The molecule has 60 valence electrons. The molecule has 3 unspecified atom stereocenters. The van der Waals surface area contributed by atoms with Crippen molar-refractivity contribution in [3.8, 4) is 0 Å². The molecule has 2 aliphatic carbocycles. The summed E-state index contributed by atoms with van der Waals surface area (Å²) in [5.41, 5.74) is 1.74. The van der Waals surface area contributed by atoms with Crippen LogP contribution < -0.4 is 0 Å². The van der Waals surface area contributed by atoms with Gasteiger partial charge in [-0.1, -0.05) is 11.6 Å². The van der Waals surface area contributed by atoms with Crippen molar-refractivity contribution in [3.05, 3.63) is 11.6 Å². The fourth-order valence-corrected chi connectivity index (χ4v) is 2.67. The average molecular weight is 150 g/mol. The van der Waals surface area contributed by atoms with Gasteiger partial charge in [0.1, 0.15) is 0 Å². The van der Waals surface area contributed by atoms with E-state index in [1.165, 1.54) is 25.7 Å². The first-order chi connectivity index (χ1) is 5.42. The Balaban J connectivity index is 1.67. The molecule has 1 heteroatoms. The Morgan fingerprint density at radius 2 is 2.36 bits per heavy atom. The number of rotatable bonds is 2. The third-order valence-electron chi connectivity index (χ3n) is 3.39. The lowest BCUT2D eigenvalue weighted by Crippen LogP contribution is -2.10. The summed E-state index contributed by atoms with van der Waals surface area (Å²) < 4.78 is 5.26. The molecule has 1 saturated carbocycles. The van der Waals surface area contributed by atoms with Crippen LogP contribution in [0.5, 0.6) is 0 Å². The summed E-state index contributed by atoms with van der Waals surface area (Å²) in [6.45, 7) is 1.04. The number of fused-ring (bicyclic) bond motifs is 2. The predicted molar refractivity (Wildman–Crippen MR) is 43.3 cm³/mol. The van der Waals surface area contributed by atoms with Gasteiger partial charge in [-0.25, -0.2) is 0 Å². The van der Waals surface area contributed by atoms with Crippen LogP contribution in [0.1, 0.15) is 25.7 Å². The summed E-state index contributed by atoms with van der Waals surface area (Å²) in [4.78, 5) is 0. The van der Waals surface area contributed by atoms with Gasteiger partial charge in [0, 0.05) is 0 Å². The van der Waals surface area contributed by atoms with Crippen LogP contribution in [0.3, 0.4) is 0 Å². The normalized spacial score (nSPS) is 46.2. The van der Waals surface area contributed by atoms with Gasteiger partial charge in [-0.05, 0) is 37.5 Å². The van der Waals surface area contributed by atoms with Crippen LogP contribution in [0.15, 0.2) is 11.6 Å². The molecule has 1 nitrogen and oxygen atoms in total. The van der Waals surface area contributed by atoms with Crippen LogP contribution in [0, 0.1) is 11.8 Å². The smallest absolute Gasteiger partial charge is 0.0812 e. The molecule has 3 aliphatic rings. The summed E-state index contributed by atoms with van der Waals surface area (Å²) in [5, 5.41) is 0. The minimum Gasteiger partial charge on any atom is -0.373 e. The Kier molecular flexibility index (Phi) is 1.19. The Hall–Kier alpha value is -0.300. The topological polar surface area (TPSA) is 12.5 Å². The van der Waals surface area contributed by atoms with Gasteiger partial charge in [0.2, 0.25) is 0 Å². The predicted octanol–water partition coefficient (Wildman–Crippen LogP) is 2.13. The lowest BCUT2D eigenvalue weighted by Gasteiger charge is -2.16. The number of epoxide rings is 1. The molecule has 2 fully saturated rings. The van der Waals surface area contributed by atoms with E-state index in [2.05, 4.69) is 6.08 Å². The van der Waals surface area contributed by atoms with Crippen molar-refractivity contribution in [1.29, 1.82) is 0 Å². The summed E-state index contributed by atoms with van der Waals surface area (Å²) in [7, 11) is 0. The van der Waals surface area contributed by atoms with Crippen molar-refractivity contribution in [2.24, 2.45) is 11.8 Å². The second kappa shape index (κ2) is 2.10. The molecule has 0 N–H and O–H groups in total. The average Bonchev–Trinajstić information content (AvgIpc) is 2.61. The van der Waals surface area contributed by atoms with Crippen molar-refractivity contribution in [2.45, 2.75) is 31.8 Å². The van der Waals surface area contributed by atoms with Crippen molar-refractivity contribution >= 4 is 0 Å². The number of hydrogen-bond donors (Lipinski definition) is 0. The zero-order valence-corrected chi connectivity index (χ0v) is 6.75.